The summed E-state index contributed by atoms with van der Waals surface area (Å²) < 4.78 is 0. The standard InChI is InChI=1S/C15H22N2O2/c1-11-5-3-6-13(11)9-16-10-14-7-4-8-15(12(14)2)17(18)19/h4,7-8,11,13,16H,3,5-6,9-10H2,1-2H3. The highest BCUT2D eigenvalue weighted by molar-refractivity contribution is 5.44. The van der Waals surface area contributed by atoms with E-state index in [9.17, 15) is 10.1 Å². The fraction of sp³-hybridized carbons (Fsp3) is 0.600. The Kier molecular flexibility index (Phi) is 4.53. The zero-order valence-electron chi connectivity index (χ0n) is 11.7. The lowest BCUT2D eigenvalue weighted by Gasteiger charge is -2.16. The van der Waals surface area contributed by atoms with Crippen LogP contribution in [0, 0.1) is 28.9 Å². The molecular formula is C15H22N2O2. The summed E-state index contributed by atoms with van der Waals surface area (Å²) in [6, 6.07) is 5.30. The Labute approximate surface area is 114 Å². The van der Waals surface area contributed by atoms with Gasteiger partial charge in [0.05, 0.1) is 4.92 Å². The Hall–Kier alpha value is -1.42. The number of nitrogens with zero attached hydrogens (tertiary/aromatic N) is 1. The molecule has 1 aliphatic rings. The first-order valence-electron chi connectivity index (χ1n) is 7.03. The number of nitro groups is 1. The van der Waals surface area contributed by atoms with Crippen molar-refractivity contribution in [3.05, 3.63) is 39.4 Å². The third-order valence-electron chi connectivity index (χ3n) is 4.38. The molecule has 2 rings (SSSR count). The number of hydrogen-bond acceptors (Lipinski definition) is 3. The van der Waals surface area contributed by atoms with E-state index in [2.05, 4.69) is 12.2 Å². The number of rotatable bonds is 5. The van der Waals surface area contributed by atoms with Gasteiger partial charge in [-0.15, -0.1) is 0 Å². The van der Waals surface area contributed by atoms with Crippen molar-refractivity contribution >= 4 is 5.69 Å². The topological polar surface area (TPSA) is 55.2 Å². The maximum Gasteiger partial charge on any atom is 0.272 e. The largest absolute Gasteiger partial charge is 0.312 e. The molecule has 2 atom stereocenters. The molecule has 1 saturated carbocycles. The summed E-state index contributed by atoms with van der Waals surface area (Å²) in [5.74, 6) is 1.57. The molecule has 0 amide bonds. The van der Waals surface area contributed by atoms with E-state index in [1.165, 1.54) is 19.3 Å². The van der Waals surface area contributed by atoms with Crippen LogP contribution in [0.15, 0.2) is 18.2 Å². The highest BCUT2D eigenvalue weighted by Gasteiger charge is 2.22. The minimum atomic E-state index is -0.308. The van der Waals surface area contributed by atoms with Crippen LogP contribution in [0.4, 0.5) is 5.69 Å². The van der Waals surface area contributed by atoms with Gasteiger partial charge in [-0.05, 0) is 37.3 Å². The number of nitrogens with one attached hydrogen (secondary N) is 1. The fourth-order valence-corrected chi connectivity index (χ4v) is 2.98. The van der Waals surface area contributed by atoms with Crippen LogP contribution in [0.5, 0.6) is 0 Å². The first kappa shape index (κ1) is 14.0. The summed E-state index contributed by atoms with van der Waals surface area (Å²) >= 11 is 0. The molecule has 4 heteroatoms. The van der Waals surface area contributed by atoms with E-state index in [1.807, 2.05) is 13.0 Å². The Balaban J connectivity index is 1.92. The van der Waals surface area contributed by atoms with Crippen molar-refractivity contribution in [3.63, 3.8) is 0 Å². The molecule has 104 valence electrons. The van der Waals surface area contributed by atoms with E-state index >= 15 is 0 Å². The second-order valence-corrected chi connectivity index (χ2v) is 5.62. The predicted molar refractivity (Wildman–Crippen MR) is 76.0 cm³/mol. The van der Waals surface area contributed by atoms with Crippen molar-refractivity contribution in [2.45, 2.75) is 39.7 Å². The molecule has 2 unspecified atom stereocenters. The van der Waals surface area contributed by atoms with Gasteiger partial charge in [0.25, 0.3) is 5.69 Å². The molecule has 19 heavy (non-hydrogen) atoms. The second-order valence-electron chi connectivity index (χ2n) is 5.62. The molecule has 1 aromatic carbocycles. The average Bonchev–Trinajstić information content (AvgIpc) is 2.77. The minimum Gasteiger partial charge on any atom is -0.312 e. The lowest BCUT2D eigenvalue weighted by Crippen LogP contribution is -2.24. The maximum absolute atomic E-state index is 10.9. The summed E-state index contributed by atoms with van der Waals surface area (Å²) in [6.45, 7) is 5.88. The van der Waals surface area contributed by atoms with Crippen molar-refractivity contribution < 1.29 is 4.92 Å². The van der Waals surface area contributed by atoms with Crippen LogP contribution >= 0.6 is 0 Å². The second kappa shape index (κ2) is 6.15. The van der Waals surface area contributed by atoms with Gasteiger partial charge in [0.15, 0.2) is 0 Å². The zero-order valence-corrected chi connectivity index (χ0v) is 11.7. The van der Waals surface area contributed by atoms with E-state index < -0.39 is 0 Å². The van der Waals surface area contributed by atoms with Gasteiger partial charge < -0.3 is 5.32 Å². The summed E-state index contributed by atoms with van der Waals surface area (Å²) in [5.41, 5.74) is 2.02. The number of hydrogen-bond donors (Lipinski definition) is 1. The van der Waals surface area contributed by atoms with Crippen molar-refractivity contribution in [1.29, 1.82) is 0 Å². The van der Waals surface area contributed by atoms with E-state index in [1.54, 1.807) is 12.1 Å². The molecule has 0 spiro atoms. The molecule has 4 nitrogen and oxygen atoms in total. The zero-order chi connectivity index (χ0) is 13.8. The van der Waals surface area contributed by atoms with Gasteiger partial charge >= 0.3 is 0 Å². The lowest BCUT2D eigenvalue weighted by atomic mass is 9.98. The van der Waals surface area contributed by atoms with E-state index in [0.29, 0.717) is 0 Å². The van der Waals surface area contributed by atoms with Crippen LogP contribution in [0.3, 0.4) is 0 Å². The molecular weight excluding hydrogens is 240 g/mol. The van der Waals surface area contributed by atoms with Gasteiger partial charge in [-0.2, -0.15) is 0 Å². The van der Waals surface area contributed by atoms with Crippen molar-refractivity contribution in [2.24, 2.45) is 11.8 Å². The molecule has 1 fully saturated rings. The van der Waals surface area contributed by atoms with Crippen LogP contribution in [0.1, 0.15) is 37.3 Å². The third kappa shape index (κ3) is 3.32. The van der Waals surface area contributed by atoms with E-state index in [4.69, 9.17) is 0 Å². The number of benzene rings is 1. The normalized spacial score (nSPS) is 22.6. The Bertz CT molecular complexity index is 459. The fourth-order valence-electron chi connectivity index (χ4n) is 2.98. The molecule has 0 heterocycles. The Morgan fingerprint density at radius 1 is 1.42 bits per heavy atom. The third-order valence-corrected chi connectivity index (χ3v) is 4.38. The highest BCUT2D eigenvalue weighted by atomic mass is 16.6. The van der Waals surface area contributed by atoms with Gasteiger partial charge in [-0.1, -0.05) is 31.9 Å². The minimum absolute atomic E-state index is 0.216. The van der Waals surface area contributed by atoms with Crippen LogP contribution in [0.2, 0.25) is 0 Å². The monoisotopic (exact) mass is 262 g/mol. The Morgan fingerprint density at radius 2 is 2.21 bits per heavy atom. The van der Waals surface area contributed by atoms with Crippen LogP contribution < -0.4 is 5.32 Å². The van der Waals surface area contributed by atoms with Crippen molar-refractivity contribution in [1.82, 2.24) is 5.32 Å². The van der Waals surface area contributed by atoms with E-state index in [-0.39, 0.29) is 10.6 Å². The van der Waals surface area contributed by atoms with Crippen LogP contribution in [-0.4, -0.2) is 11.5 Å². The maximum atomic E-state index is 10.9. The van der Waals surface area contributed by atoms with Gasteiger partial charge in [-0.25, -0.2) is 0 Å². The molecule has 1 N–H and O–H groups in total. The molecule has 1 aliphatic carbocycles. The summed E-state index contributed by atoms with van der Waals surface area (Å²) in [6.07, 6.45) is 3.98. The lowest BCUT2D eigenvalue weighted by molar-refractivity contribution is -0.385. The molecule has 1 aromatic rings. The first-order chi connectivity index (χ1) is 9.09. The molecule has 0 aromatic heterocycles. The van der Waals surface area contributed by atoms with Crippen LogP contribution in [-0.2, 0) is 6.54 Å². The molecule has 0 aliphatic heterocycles. The summed E-state index contributed by atoms with van der Waals surface area (Å²) in [5, 5.41) is 14.3. The van der Waals surface area contributed by atoms with Gasteiger partial charge in [0.1, 0.15) is 0 Å². The smallest absolute Gasteiger partial charge is 0.272 e. The van der Waals surface area contributed by atoms with E-state index in [0.717, 1.165) is 36.1 Å². The quantitative estimate of drug-likeness (QED) is 0.653. The Morgan fingerprint density at radius 3 is 2.84 bits per heavy atom. The summed E-state index contributed by atoms with van der Waals surface area (Å²) in [7, 11) is 0. The average molecular weight is 262 g/mol. The van der Waals surface area contributed by atoms with Gasteiger partial charge in [0.2, 0.25) is 0 Å². The molecule has 0 saturated heterocycles. The predicted octanol–water partition coefficient (Wildman–Crippen LogP) is 3.43. The van der Waals surface area contributed by atoms with Gasteiger partial charge in [-0.3, -0.25) is 10.1 Å². The van der Waals surface area contributed by atoms with Crippen LogP contribution in [0.25, 0.3) is 0 Å². The molecule has 0 bridgehead atoms. The SMILES string of the molecule is Cc1c(CNCC2CCCC2C)cccc1[N+](=O)[O-]. The highest BCUT2D eigenvalue weighted by Crippen LogP contribution is 2.30. The van der Waals surface area contributed by atoms with Gasteiger partial charge in [0, 0.05) is 18.2 Å². The first-order valence-corrected chi connectivity index (χ1v) is 7.03. The van der Waals surface area contributed by atoms with Crippen molar-refractivity contribution in [3.8, 4) is 0 Å². The van der Waals surface area contributed by atoms with Crippen molar-refractivity contribution in [2.75, 3.05) is 6.54 Å². The number of nitro benzene ring substituents is 1. The summed E-state index contributed by atoms with van der Waals surface area (Å²) in [4.78, 5) is 10.6. The molecule has 0 radical (unpaired) electrons.